The monoisotopic (exact) mass is 287 g/mol. The number of nitrogens with zero attached hydrogens (tertiary/aromatic N) is 3. The summed E-state index contributed by atoms with van der Waals surface area (Å²) >= 11 is 0. The van der Waals surface area contributed by atoms with Crippen LogP contribution in [0.4, 0.5) is 0 Å². The number of nitrogens with one attached hydrogen (secondary N) is 1. The molecule has 0 spiro atoms. The maximum Gasteiger partial charge on any atom is 0.271 e. The minimum absolute atomic E-state index is 0.0148. The van der Waals surface area contributed by atoms with Gasteiger partial charge in [-0.25, -0.2) is 4.68 Å². The van der Waals surface area contributed by atoms with E-state index in [0.717, 1.165) is 12.0 Å². The third kappa shape index (κ3) is 3.88. The number of benzene rings is 1. The normalized spacial score (nSPS) is 10.3. The Balaban J connectivity index is 1.83. The van der Waals surface area contributed by atoms with Gasteiger partial charge in [-0.1, -0.05) is 35.5 Å². The molecule has 2 aromatic rings. The van der Waals surface area contributed by atoms with Crippen LogP contribution in [0.3, 0.4) is 0 Å². The van der Waals surface area contributed by atoms with Gasteiger partial charge in [0.1, 0.15) is 6.54 Å². The zero-order chi connectivity index (χ0) is 15.2. The van der Waals surface area contributed by atoms with Crippen molar-refractivity contribution in [3.05, 3.63) is 47.3 Å². The Morgan fingerprint density at radius 3 is 2.62 bits per heavy atom. The summed E-state index contributed by atoms with van der Waals surface area (Å²) in [6, 6.07) is 9.88. The van der Waals surface area contributed by atoms with E-state index >= 15 is 0 Å². The predicted octanol–water partition coefficient (Wildman–Crippen LogP) is 0.0443. The summed E-state index contributed by atoms with van der Waals surface area (Å²) in [6.07, 6.45) is 0.759. The van der Waals surface area contributed by atoms with Crippen LogP contribution in [0.1, 0.15) is 21.7 Å². The molecule has 110 valence electrons. The van der Waals surface area contributed by atoms with Crippen LogP contribution in [-0.4, -0.2) is 33.4 Å². The average molecular weight is 287 g/mol. The Morgan fingerprint density at radius 2 is 2.00 bits per heavy atom. The van der Waals surface area contributed by atoms with Gasteiger partial charge in [-0.15, -0.1) is 5.10 Å². The van der Waals surface area contributed by atoms with Gasteiger partial charge >= 0.3 is 0 Å². The molecule has 7 nitrogen and oxygen atoms in total. The highest BCUT2D eigenvalue weighted by Gasteiger charge is 2.14. The molecule has 1 aromatic carbocycles. The Bertz CT molecular complexity index is 636. The summed E-state index contributed by atoms with van der Waals surface area (Å²) in [6.45, 7) is 2.21. The smallest absolute Gasteiger partial charge is 0.271 e. The van der Waals surface area contributed by atoms with Crippen molar-refractivity contribution in [2.75, 3.05) is 6.54 Å². The van der Waals surface area contributed by atoms with Crippen LogP contribution < -0.4 is 11.1 Å². The van der Waals surface area contributed by atoms with Crippen molar-refractivity contribution in [2.24, 2.45) is 5.73 Å². The summed E-state index contributed by atoms with van der Waals surface area (Å²) in [5.74, 6) is -0.835. The molecule has 21 heavy (non-hydrogen) atoms. The maximum atomic E-state index is 11.8. The summed E-state index contributed by atoms with van der Waals surface area (Å²) in [5.41, 5.74) is 6.88. The number of hydrogen-bond donors (Lipinski definition) is 2. The summed E-state index contributed by atoms with van der Waals surface area (Å²) < 4.78 is 1.36. The van der Waals surface area contributed by atoms with Crippen LogP contribution >= 0.6 is 0 Å². The van der Waals surface area contributed by atoms with Crippen molar-refractivity contribution in [1.82, 2.24) is 20.3 Å². The summed E-state index contributed by atoms with van der Waals surface area (Å²) in [5, 5.41) is 10.2. The fourth-order valence-electron chi connectivity index (χ4n) is 1.92. The van der Waals surface area contributed by atoms with Crippen molar-refractivity contribution in [3.8, 4) is 0 Å². The van der Waals surface area contributed by atoms with Crippen LogP contribution in [0.15, 0.2) is 30.3 Å². The zero-order valence-electron chi connectivity index (χ0n) is 11.7. The summed E-state index contributed by atoms with van der Waals surface area (Å²) in [7, 11) is 0. The molecule has 1 heterocycles. The van der Waals surface area contributed by atoms with E-state index in [0.29, 0.717) is 12.2 Å². The molecular formula is C14H17N5O2. The van der Waals surface area contributed by atoms with Crippen molar-refractivity contribution in [2.45, 2.75) is 19.9 Å². The van der Waals surface area contributed by atoms with Gasteiger partial charge in [0, 0.05) is 6.54 Å². The van der Waals surface area contributed by atoms with E-state index in [2.05, 4.69) is 15.6 Å². The molecule has 0 radical (unpaired) electrons. The predicted molar refractivity (Wildman–Crippen MR) is 76.4 cm³/mol. The molecule has 0 atom stereocenters. The Morgan fingerprint density at radius 1 is 1.29 bits per heavy atom. The number of amides is 2. The minimum atomic E-state index is -0.650. The highest BCUT2D eigenvalue weighted by atomic mass is 16.2. The lowest BCUT2D eigenvalue weighted by Crippen LogP contribution is -2.30. The molecule has 2 rings (SSSR count). The molecule has 0 unspecified atom stereocenters. The van der Waals surface area contributed by atoms with Gasteiger partial charge in [0.05, 0.1) is 5.69 Å². The lowest BCUT2D eigenvalue weighted by Gasteiger charge is -2.06. The first-order valence-corrected chi connectivity index (χ1v) is 6.58. The van der Waals surface area contributed by atoms with E-state index in [1.165, 1.54) is 4.68 Å². The Kier molecular flexibility index (Phi) is 4.65. The van der Waals surface area contributed by atoms with Crippen LogP contribution in [0.5, 0.6) is 0 Å². The largest absolute Gasteiger partial charge is 0.364 e. The molecule has 2 amide bonds. The zero-order valence-corrected chi connectivity index (χ0v) is 11.7. The van der Waals surface area contributed by atoms with Gasteiger partial charge in [-0.3, -0.25) is 9.59 Å². The second kappa shape index (κ2) is 6.65. The maximum absolute atomic E-state index is 11.8. The molecule has 1 aromatic heterocycles. The highest BCUT2D eigenvalue weighted by Crippen LogP contribution is 2.02. The summed E-state index contributed by atoms with van der Waals surface area (Å²) in [4.78, 5) is 22.9. The van der Waals surface area contributed by atoms with E-state index in [-0.39, 0.29) is 18.1 Å². The lowest BCUT2D eigenvalue weighted by atomic mass is 10.1. The van der Waals surface area contributed by atoms with E-state index in [1.54, 1.807) is 6.92 Å². The molecule has 0 fully saturated rings. The van der Waals surface area contributed by atoms with Gasteiger partial charge in [0.25, 0.3) is 5.91 Å². The number of carbonyl (C=O) groups excluding carboxylic acids is 2. The third-order valence-corrected chi connectivity index (χ3v) is 3.09. The van der Waals surface area contributed by atoms with Crippen LogP contribution in [0.2, 0.25) is 0 Å². The number of rotatable bonds is 6. The number of aromatic nitrogens is 3. The van der Waals surface area contributed by atoms with Gasteiger partial charge in [-0.2, -0.15) is 0 Å². The number of carbonyl (C=O) groups is 2. The van der Waals surface area contributed by atoms with E-state index in [9.17, 15) is 9.59 Å². The molecule has 7 heteroatoms. The molecule has 0 aliphatic rings. The molecule has 0 bridgehead atoms. The van der Waals surface area contributed by atoms with Gasteiger partial charge in [-0.05, 0) is 18.9 Å². The first-order chi connectivity index (χ1) is 10.1. The molecule has 0 saturated heterocycles. The van der Waals surface area contributed by atoms with Crippen molar-refractivity contribution in [3.63, 3.8) is 0 Å². The first kappa shape index (κ1) is 14.7. The van der Waals surface area contributed by atoms with Crippen LogP contribution in [0.25, 0.3) is 0 Å². The minimum Gasteiger partial charge on any atom is -0.364 e. The Labute approximate surface area is 122 Å². The topological polar surface area (TPSA) is 103 Å². The van der Waals surface area contributed by atoms with E-state index in [1.807, 2.05) is 30.3 Å². The standard InChI is InChI=1S/C14H17N5O2/c1-10-13(14(15)21)17-18-19(10)9-12(20)16-8-7-11-5-3-2-4-6-11/h2-6H,7-9H2,1H3,(H2,15,21)(H,16,20). The van der Waals surface area contributed by atoms with Gasteiger partial charge in [0.15, 0.2) is 5.69 Å². The van der Waals surface area contributed by atoms with Crippen molar-refractivity contribution in [1.29, 1.82) is 0 Å². The van der Waals surface area contributed by atoms with Crippen molar-refractivity contribution < 1.29 is 9.59 Å². The van der Waals surface area contributed by atoms with Gasteiger partial charge < -0.3 is 11.1 Å². The SMILES string of the molecule is Cc1c(C(N)=O)nnn1CC(=O)NCCc1ccccc1. The second-order valence-electron chi connectivity index (χ2n) is 4.63. The fourth-order valence-corrected chi connectivity index (χ4v) is 1.92. The second-order valence-corrected chi connectivity index (χ2v) is 4.63. The molecule has 0 saturated carbocycles. The quantitative estimate of drug-likeness (QED) is 0.783. The van der Waals surface area contributed by atoms with E-state index < -0.39 is 5.91 Å². The fraction of sp³-hybridized carbons (Fsp3) is 0.286. The molecular weight excluding hydrogens is 270 g/mol. The molecule has 0 aliphatic carbocycles. The molecule has 3 N–H and O–H groups in total. The highest BCUT2D eigenvalue weighted by molar-refractivity contribution is 5.91. The van der Waals surface area contributed by atoms with Crippen LogP contribution in [-0.2, 0) is 17.8 Å². The van der Waals surface area contributed by atoms with Crippen molar-refractivity contribution >= 4 is 11.8 Å². The number of hydrogen-bond acceptors (Lipinski definition) is 4. The first-order valence-electron chi connectivity index (χ1n) is 6.58. The van der Waals surface area contributed by atoms with Crippen LogP contribution in [0, 0.1) is 6.92 Å². The molecule has 0 aliphatic heterocycles. The lowest BCUT2D eigenvalue weighted by molar-refractivity contribution is -0.121. The number of primary amides is 1. The Hall–Kier alpha value is -2.70. The average Bonchev–Trinajstić information content (AvgIpc) is 2.81. The van der Waals surface area contributed by atoms with Gasteiger partial charge in [0.2, 0.25) is 5.91 Å². The third-order valence-electron chi connectivity index (χ3n) is 3.09. The van der Waals surface area contributed by atoms with E-state index in [4.69, 9.17) is 5.73 Å². The number of nitrogens with two attached hydrogens (primary N) is 1.